The van der Waals surface area contributed by atoms with Crippen molar-refractivity contribution in [1.29, 1.82) is 0 Å². The van der Waals surface area contributed by atoms with Crippen molar-refractivity contribution in [1.82, 2.24) is 0 Å². The maximum atomic E-state index is 12.2. The Hall–Kier alpha value is -0.345. The van der Waals surface area contributed by atoms with Crippen molar-refractivity contribution >= 4 is 7.12 Å². The molecular weight excluding hydrogens is 170 g/mol. The molecule has 0 saturated carbocycles. The van der Waals surface area contributed by atoms with Crippen molar-refractivity contribution < 1.29 is 13.7 Å². The van der Waals surface area contributed by atoms with E-state index in [0.717, 1.165) is 0 Å². The van der Waals surface area contributed by atoms with Gasteiger partial charge in [0, 0.05) is 0 Å². The highest BCUT2D eigenvalue weighted by Crippen LogP contribution is 2.38. The van der Waals surface area contributed by atoms with E-state index in [9.17, 15) is 4.39 Å². The number of hydrogen-bond acceptors (Lipinski definition) is 2. The van der Waals surface area contributed by atoms with Crippen LogP contribution in [0, 0.1) is 0 Å². The molecule has 0 bridgehead atoms. The summed E-state index contributed by atoms with van der Waals surface area (Å²) in [6, 6.07) is 0. The molecule has 0 radical (unpaired) electrons. The van der Waals surface area contributed by atoms with Crippen LogP contribution < -0.4 is 0 Å². The van der Waals surface area contributed by atoms with E-state index in [0.29, 0.717) is 11.8 Å². The van der Waals surface area contributed by atoms with Gasteiger partial charge in [-0.1, -0.05) is 0 Å². The maximum Gasteiger partial charge on any atom is 0.492 e. The van der Waals surface area contributed by atoms with Crippen LogP contribution in [0.4, 0.5) is 4.39 Å². The van der Waals surface area contributed by atoms with Gasteiger partial charge in [0.25, 0.3) is 0 Å². The van der Waals surface area contributed by atoms with Crippen LogP contribution in [0.15, 0.2) is 11.8 Å². The summed E-state index contributed by atoms with van der Waals surface area (Å²) in [6.45, 7) is 9.43. The van der Waals surface area contributed by atoms with E-state index in [1.54, 1.807) is 6.92 Å². The van der Waals surface area contributed by atoms with E-state index in [1.165, 1.54) is 0 Å². The molecule has 74 valence electrons. The summed E-state index contributed by atoms with van der Waals surface area (Å²) in [5, 5.41) is 0. The Balaban J connectivity index is 2.82. The third kappa shape index (κ3) is 1.79. The molecule has 0 spiro atoms. The molecule has 2 nitrogen and oxygen atoms in total. The predicted octanol–water partition coefficient (Wildman–Crippen LogP) is 2.49. The zero-order chi connectivity index (χ0) is 10.3. The van der Waals surface area contributed by atoms with Gasteiger partial charge in [-0.25, -0.2) is 4.39 Å². The van der Waals surface area contributed by atoms with Crippen molar-refractivity contribution in [3.63, 3.8) is 0 Å². The van der Waals surface area contributed by atoms with Gasteiger partial charge in [-0.2, -0.15) is 0 Å². The highest BCUT2D eigenvalue weighted by Gasteiger charge is 2.51. The molecular formula is C9H16BFO2. The van der Waals surface area contributed by atoms with Gasteiger partial charge in [0.1, 0.15) is 0 Å². The molecule has 1 aliphatic heterocycles. The molecule has 0 aromatic carbocycles. The molecule has 0 aliphatic carbocycles. The van der Waals surface area contributed by atoms with Crippen LogP contribution in [0.2, 0.25) is 0 Å². The highest BCUT2D eigenvalue weighted by molar-refractivity contribution is 6.54. The first-order valence-corrected chi connectivity index (χ1v) is 4.43. The van der Waals surface area contributed by atoms with Gasteiger partial charge >= 0.3 is 7.12 Å². The Kier molecular flexibility index (Phi) is 2.56. The van der Waals surface area contributed by atoms with Gasteiger partial charge in [-0.05, 0) is 40.1 Å². The lowest BCUT2D eigenvalue weighted by atomic mass is 9.81. The fourth-order valence-corrected chi connectivity index (χ4v) is 1.08. The summed E-state index contributed by atoms with van der Waals surface area (Å²) in [4.78, 5) is 0. The van der Waals surface area contributed by atoms with E-state index in [4.69, 9.17) is 9.31 Å². The SMILES string of the molecule is C/C(=C/F)B1OC(C)(C)C(C)(C)O1. The molecule has 0 aromatic heterocycles. The quantitative estimate of drug-likeness (QED) is 0.585. The van der Waals surface area contributed by atoms with E-state index in [1.807, 2.05) is 27.7 Å². The lowest BCUT2D eigenvalue weighted by molar-refractivity contribution is 0.00578. The van der Waals surface area contributed by atoms with Gasteiger partial charge in [-0.3, -0.25) is 0 Å². The molecule has 0 N–H and O–H groups in total. The standard InChI is InChI=1S/C9H16BFO2/c1-7(6-11)10-12-8(2,3)9(4,5)13-10/h6H,1-5H3/b7-6-. The topological polar surface area (TPSA) is 18.5 Å². The number of rotatable bonds is 1. The lowest BCUT2D eigenvalue weighted by Gasteiger charge is -2.32. The van der Waals surface area contributed by atoms with Crippen molar-refractivity contribution in [2.75, 3.05) is 0 Å². The zero-order valence-electron chi connectivity index (χ0n) is 8.85. The smallest absolute Gasteiger partial charge is 0.400 e. The molecule has 4 heteroatoms. The Labute approximate surface area is 79.2 Å². The Morgan fingerprint density at radius 1 is 1.15 bits per heavy atom. The fourth-order valence-electron chi connectivity index (χ4n) is 1.08. The van der Waals surface area contributed by atoms with Crippen LogP contribution in [0.1, 0.15) is 34.6 Å². The minimum atomic E-state index is -0.546. The first kappa shape index (κ1) is 10.7. The third-order valence-electron chi connectivity index (χ3n) is 2.80. The second-order valence-corrected chi connectivity index (χ2v) is 4.44. The van der Waals surface area contributed by atoms with Gasteiger partial charge in [-0.15, -0.1) is 0 Å². The van der Waals surface area contributed by atoms with Crippen LogP contribution in [-0.4, -0.2) is 18.3 Å². The molecule has 13 heavy (non-hydrogen) atoms. The normalized spacial score (nSPS) is 26.6. The summed E-state index contributed by atoms with van der Waals surface area (Å²) >= 11 is 0. The zero-order valence-corrected chi connectivity index (χ0v) is 8.85. The average molecular weight is 186 g/mol. The predicted molar refractivity (Wildman–Crippen MR) is 50.9 cm³/mol. The van der Waals surface area contributed by atoms with Crippen LogP contribution in [0.5, 0.6) is 0 Å². The molecule has 1 fully saturated rings. The summed E-state index contributed by atoms with van der Waals surface area (Å²) < 4.78 is 23.4. The fraction of sp³-hybridized carbons (Fsp3) is 0.778. The minimum Gasteiger partial charge on any atom is -0.400 e. The Morgan fingerprint density at radius 2 is 1.54 bits per heavy atom. The molecule has 1 aliphatic rings. The van der Waals surface area contributed by atoms with Crippen molar-refractivity contribution in [3.8, 4) is 0 Å². The largest absolute Gasteiger partial charge is 0.492 e. The van der Waals surface area contributed by atoms with E-state index >= 15 is 0 Å². The molecule has 0 unspecified atom stereocenters. The molecule has 1 rings (SSSR count). The summed E-state index contributed by atoms with van der Waals surface area (Å²) in [5.74, 6) is 0. The van der Waals surface area contributed by atoms with Gasteiger partial charge in [0.05, 0.1) is 17.5 Å². The highest BCUT2D eigenvalue weighted by atomic mass is 19.1. The first-order chi connectivity index (χ1) is 5.80. The van der Waals surface area contributed by atoms with Gasteiger partial charge in [0.2, 0.25) is 0 Å². The van der Waals surface area contributed by atoms with Crippen LogP contribution in [-0.2, 0) is 9.31 Å². The van der Waals surface area contributed by atoms with Gasteiger partial charge in [0.15, 0.2) is 0 Å². The molecule has 0 amide bonds. The van der Waals surface area contributed by atoms with Crippen molar-refractivity contribution in [3.05, 3.63) is 11.8 Å². The second-order valence-electron chi connectivity index (χ2n) is 4.44. The summed E-state index contributed by atoms with van der Waals surface area (Å²) in [6.07, 6.45) is 0.530. The molecule has 0 atom stereocenters. The molecule has 0 aromatic rings. The number of hydrogen-bond donors (Lipinski definition) is 0. The van der Waals surface area contributed by atoms with Crippen LogP contribution in [0.25, 0.3) is 0 Å². The van der Waals surface area contributed by atoms with Crippen LogP contribution >= 0.6 is 0 Å². The molecule has 1 heterocycles. The third-order valence-corrected chi connectivity index (χ3v) is 2.80. The monoisotopic (exact) mass is 186 g/mol. The van der Waals surface area contributed by atoms with E-state index in [2.05, 4.69) is 0 Å². The number of allylic oxidation sites excluding steroid dienone is 1. The van der Waals surface area contributed by atoms with E-state index < -0.39 is 7.12 Å². The Morgan fingerprint density at radius 3 is 1.85 bits per heavy atom. The second kappa shape index (κ2) is 3.10. The minimum absolute atomic E-state index is 0.387. The van der Waals surface area contributed by atoms with Crippen molar-refractivity contribution in [2.24, 2.45) is 0 Å². The summed E-state index contributed by atoms with van der Waals surface area (Å²) in [5.41, 5.74) is -0.303. The first-order valence-electron chi connectivity index (χ1n) is 4.43. The molecule has 1 saturated heterocycles. The van der Waals surface area contributed by atoms with Crippen molar-refractivity contribution in [2.45, 2.75) is 45.8 Å². The summed E-state index contributed by atoms with van der Waals surface area (Å²) in [7, 11) is -0.546. The maximum absolute atomic E-state index is 12.2. The average Bonchev–Trinajstić information content (AvgIpc) is 2.20. The van der Waals surface area contributed by atoms with Crippen LogP contribution in [0.3, 0.4) is 0 Å². The lowest BCUT2D eigenvalue weighted by Crippen LogP contribution is -2.41. The number of halogens is 1. The van der Waals surface area contributed by atoms with E-state index in [-0.39, 0.29) is 11.2 Å². The van der Waals surface area contributed by atoms with Gasteiger partial charge < -0.3 is 9.31 Å². The Bertz CT molecular complexity index is 220.